The molecule has 0 saturated carbocycles. The van der Waals surface area contributed by atoms with Crippen LogP contribution in [0.25, 0.3) is 11.1 Å². The van der Waals surface area contributed by atoms with Crippen molar-refractivity contribution < 1.29 is 4.42 Å². The van der Waals surface area contributed by atoms with E-state index in [0.717, 1.165) is 23.4 Å². The summed E-state index contributed by atoms with van der Waals surface area (Å²) in [6.45, 7) is 5.28. The average Bonchev–Trinajstić information content (AvgIpc) is 2.70. The first-order valence-corrected chi connectivity index (χ1v) is 5.27. The zero-order valence-electron chi connectivity index (χ0n) is 9.40. The monoisotopic (exact) mass is 204 g/mol. The van der Waals surface area contributed by atoms with Gasteiger partial charge in [-0.1, -0.05) is 6.92 Å². The Morgan fingerprint density at radius 2 is 2.33 bits per heavy atom. The van der Waals surface area contributed by atoms with E-state index in [-0.39, 0.29) is 0 Å². The molecular formula is C12H16N2O. The maximum absolute atomic E-state index is 5.70. The van der Waals surface area contributed by atoms with E-state index in [1.807, 2.05) is 12.1 Å². The highest BCUT2D eigenvalue weighted by Gasteiger charge is 2.14. The van der Waals surface area contributed by atoms with Crippen LogP contribution in [0.3, 0.4) is 0 Å². The van der Waals surface area contributed by atoms with Crippen LogP contribution in [0.2, 0.25) is 0 Å². The average molecular weight is 204 g/mol. The van der Waals surface area contributed by atoms with Crippen LogP contribution in [0.1, 0.15) is 25.6 Å². The first kappa shape index (κ1) is 10.2. The zero-order chi connectivity index (χ0) is 10.8. The fourth-order valence-corrected chi connectivity index (χ4v) is 1.59. The Labute approximate surface area is 89.7 Å². The third-order valence-electron chi connectivity index (χ3n) is 2.88. The molecule has 2 rings (SSSR count). The minimum Gasteiger partial charge on any atom is -0.441 e. The lowest BCUT2D eigenvalue weighted by molar-refractivity contribution is 0.245. The van der Waals surface area contributed by atoms with E-state index in [1.54, 1.807) is 6.20 Å². The highest BCUT2D eigenvalue weighted by molar-refractivity contribution is 5.73. The van der Waals surface area contributed by atoms with Crippen molar-refractivity contribution in [2.45, 2.75) is 19.9 Å². The van der Waals surface area contributed by atoms with E-state index in [2.05, 4.69) is 36.8 Å². The lowest BCUT2D eigenvalue weighted by Gasteiger charge is -2.20. The van der Waals surface area contributed by atoms with Crippen LogP contribution in [0.15, 0.2) is 28.8 Å². The van der Waals surface area contributed by atoms with Crippen molar-refractivity contribution in [1.82, 2.24) is 9.88 Å². The molecule has 0 spiro atoms. The van der Waals surface area contributed by atoms with Crippen molar-refractivity contribution in [1.29, 1.82) is 0 Å². The SMILES string of the molecule is CCN(C)C(C)c1cc2cccnc2o1. The molecule has 0 aliphatic carbocycles. The summed E-state index contributed by atoms with van der Waals surface area (Å²) in [4.78, 5) is 6.42. The number of hydrogen-bond donors (Lipinski definition) is 0. The minimum atomic E-state index is 0.296. The Hall–Kier alpha value is -1.35. The smallest absolute Gasteiger partial charge is 0.226 e. The highest BCUT2D eigenvalue weighted by Crippen LogP contribution is 2.24. The molecule has 3 nitrogen and oxygen atoms in total. The molecule has 0 aliphatic heterocycles. The van der Waals surface area contributed by atoms with Gasteiger partial charge in [-0.15, -0.1) is 0 Å². The van der Waals surface area contributed by atoms with Gasteiger partial charge >= 0.3 is 0 Å². The Morgan fingerprint density at radius 3 is 3.00 bits per heavy atom. The summed E-state index contributed by atoms with van der Waals surface area (Å²) in [5.74, 6) is 0.980. The van der Waals surface area contributed by atoms with Crippen molar-refractivity contribution in [2.24, 2.45) is 0 Å². The molecule has 0 N–H and O–H groups in total. The molecule has 15 heavy (non-hydrogen) atoms. The number of fused-ring (bicyclic) bond motifs is 1. The van der Waals surface area contributed by atoms with Crippen LogP contribution in [0, 0.1) is 0 Å². The maximum Gasteiger partial charge on any atom is 0.226 e. The Balaban J connectivity index is 2.36. The molecule has 2 aromatic rings. The molecular weight excluding hydrogens is 188 g/mol. The second-order valence-corrected chi connectivity index (χ2v) is 3.80. The van der Waals surface area contributed by atoms with Crippen LogP contribution < -0.4 is 0 Å². The van der Waals surface area contributed by atoms with Gasteiger partial charge in [0.2, 0.25) is 5.71 Å². The largest absolute Gasteiger partial charge is 0.441 e. The van der Waals surface area contributed by atoms with Gasteiger partial charge in [0.25, 0.3) is 0 Å². The van der Waals surface area contributed by atoms with Gasteiger partial charge in [-0.05, 0) is 38.7 Å². The number of furan rings is 1. The van der Waals surface area contributed by atoms with Gasteiger partial charge in [0, 0.05) is 11.6 Å². The maximum atomic E-state index is 5.70. The standard InChI is InChI=1S/C12H16N2O/c1-4-14(3)9(2)11-8-10-6-5-7-13-12(10)15-11/h5-9H,4H2,1-3H3. The predicted molar refractivity (Wildman–Crippen MR) is 60.7 cm³/mol. The second kappa shape index (κ2) is 4.03. The lowest BCUT2D eigenvalue weighted by atomic mass is 10.2. The van der Waals surface area contributed by atoms with E-state index in [4.69, 9.17) is 4.42 Å². The molecule has 0 aromatic carbocycles. The summed E-state index contributed by atoms with van der Waals surface area (Å²) in [7, 11) is 2.09. The van der Waals surface area contributed by atoms with Crippen molar-refractivity contribution in [3.8, 4) is 0 Å². The Bertz CT molecular complexity index is 417. The highest BCUT2D eigenvalue weighted by atomic mass is 16.3. The third kappa shape index (κ3) is 1.88. The number of nitrogens with zero attached hydrogens (tertiary/aromatic N) is 2. The summed E-state index contributed by atoms with van der Waals surface area (Å²) in [5.41, 5.74) is 0.726. The van der Waals surface area contributed by atoms with Crippen LogP contribution in [0.4, 0.5) is 0 Å². The predicted octanol–water partition coefficient (Wildman–Crippen LogP) is 2.84. The quantitative estimate of drug-likeness (QED) is 0.769. The van der Waals surface area contributed by atoms with Crippen molar-refractivity contribution >= 4 is 11.1 Å². The number of aromatic nitrogens is 1. The minimum absolute atomic E-state index is 0.296. The van der Waals surface area contributed by atoms with E-state index < -0.39 is 0 Å². The molecule has 1 atom stereocenters. The lowest BCUT2D eigenvalue weighted by Crippen LogP contribution is -2.21. The van der Waals surface area contributed by atoms with Gasteiger partial charge in [0.05, 0.1) is 6.04 Å². The van der Waals surface area contributed by atoms with Gasteiger partial charge in [-0.2, -0.15) is 0 Å². The van der Waals surface area contributed by atoms with Crippen LogP contribution in [-0.4, -0.2) is 23.5 Å². The summed E-state index contributed by atoms with van der Waals surface area (Å²) in [6, 6.07) is 6.31. The van der Waals surface area contributed by atoms with E-state index >= 15 is 0 Å². The van der Waals surface area contributed by atoms with Crippen molar-refractivity contribution in [3.05, 3.63) is 30.2 Å². The van der Waals surface area contributed by atoms with Crippen LogP contribution in [0.5, 0.6) is 0 Å². The normalized spacial score (nSPS) is 13.6. The fraction of sp³-hybridized carbons (Fsp3) is 0.417. The Kier molecular flexibility index (Phi) is 2.73. The van der Waals surface area contributed by atoms with E-state index in [9.17, 15) is 0 Å². The topological polar surface area (TPSA) is 29.3 Å². The van der Waals surface area contributed by atoms with Gasteiger partial charge in [0.15, 0.2) is 0 Å². The fourth-order valence-electron chi connectivity index (χ4n) is 1.59. The van der Waals surface area contributed by atoms with Crippen molar-refractivity contribution in [3.63, 3.8) is 0 Å². The second-order valence-electron chi connectivity index (χ2n) is 3.80. The summed E-state index contributed by atoms with van der Waals surface area (Å²) in [6.07, 6.45) is 1.75. The van der Waals surface area contributed by atoms with Gasteiger partial charge < -0.3 is 4.42 Å². The first-order valence-electron chi connectivity index (χ1n) is 5.27. The van der Waals surface area contributed by atoms with Gasteiger partial charge in [-0.25, -0.2) is 4.98 Å². The molecule has 0 radical (unpaired) electrons. The summed E-state index contributed by atoms with van der Waals surface area (Å²) in [5, 5.41) is 1.07. The van der Waals surface area contributed by atoms with Gasteiger partial charge in [0.1, 0.15) is 5.76 Å². The molecule has 0 bridgehead atoms. The van der Waals surface area contributed by atoms with E-state index in [1.165, 1.54) is 0 Å². The molecule has 2 aromatic heterocycles. The number of rotatable bonds is 3. The molecule has 3 heteroatoms. The summed E-state index contributed by atoms with van der Waals surface area (Å²) >= 11 is 0. The molecule has 80 valence electrons. The van der Waals surface area contributed by atoms with E-state index in [0.29, 0.717) is 6.04 Å². The molecule has 0 saturated heterocycles. The summed E-state index contributed by atoms with van der Waals surface area (Å²) < 4.78 is 5.70. The first-order chi connectivity index (χ1) is 7.22. The molecule has 1 unspecified atom stereocenters. The van der Waals surface area contributed by atoms with Crippen molar-refractivity contribution in [2.75, 3.05) is 13.6 Å². The van der Waals surface area contributed by atoms with Gasteiger partial charge in [-0.3, -0.25) is 4.90 Å². The third-order valence-corrected chi connectivity index (χ3v) is 2.88. The number of hydrogen-bond acceptors (Lipinski definition) is 3. The molecule has 0 amide bonds. The number of pyridine rings is 1. The molecule has 0 fully saturated rings. The molecule has 2 heterocycles. The molecule has 0 aliphatic rings. The van der Waals surface area contributed by atoms with Crippen LogP contribution >= 0.6 is 0 Å². The zero-order valence-corrected chi connectivity index (χ0v) is 9.40. The van der Waals surface area contributed by atoms with Crippen LogP contribution in [-0.2, 0) is 0 Å². The Morgan fingerprint density at radius 1 is 1.53 bits per heavy atom.